The summed E-state index contributed by atoms with van der Waals surface area (Å²) >= 11 is 1.15. The van der Waals surface area contributed by atoms with Gasteiger partial charge in [-0.3, -0.25) is 9.59 Å². The van der Waals surface area contributed by atoms with Crippen molar-refractivity contribution in [1.29, 1.82) is 0 Å². The number of aromatic nitrogens is 3. The van der Waals surface area contributed by atoms with Crippen molar-refractivity contribution in [2.24, 2.45) is 5.73 Å². The minimum atomic E-state index is -1.12. The fraction of sp³-hybridized carbons (Fsp3) is 0.174. The van der Waals surface area contributed by atoms with Crippen LogP contribution in [0.15, 0.2) is 54.0 Å². The summed E-state index contributed by atoms with van der Waals surface area (Å²) in [5.74, 6) is -1.91. The Labute approximate surface area is 193 Å². The molecule has 4 rings (SSSR count). The molecule has 0 aliphatic heterocycles. The van der Waals surface area contributed by atoms with E-state index in [-0.39, 0.29) is 11.1 Å². The van der Waals surface area contributed by atoms with Crippen LogP contribution < -0.4 is 11.1 Å². The van der Waals surface area contributed by atoms with Crippen molar-refractivity contribution in [3.05, 3.63) is 65.2 Å². The summed E-state index contributed by atoms with van der Waals surface area (Å²) in [7, 11) is 0. The van der Waals surface area contributed by atoms with Crippen molar-refractivity contribution >= 4 is 45.2 Å². The Morgan fingerprint density at radius 1 is 1.18 bits per heavy atom. The molecular weight excluding hydrogens is 442 g/mol. The number of hydrogen-bond donors (Lipinski definition) is 2. The molecule has 0 radical (unpaired) electrons. The molecule has 168 valence electrons. The second-order valence-electron chi connectivity index (χ2n) is 7.18. The number of hydrogen-bond acceptors (Lipinski definition) is 7. The fourth-order valence-corrected chi connectivity index (χ4v) is 4.09. The van der Waals surface area contributed by atoms with Crippen LogP contribution in [0.2, 0.25) is 0 Å². The minimum Gasteiger partial charge on any atom is -0.449 e. The van der Waals surface area contributed by atoms with Crippen LogP contribution in [0, 0.1) is 0 Å². The van der Waals surface area contributed by atoms with Crippen molar-refractivity contribution in [2.75, 3.05) is 5.32 Å². The third kappa shape index (κ3) is 4.46. The molecule has 0 saturated carbocycles. The number of primary amides is 1. The van der Waals surface area contributed by atoms with Gasteiger partial charge in [-0.05, 0) is 31.4 Å². The summed E-state index contributed by atoms with van der Waals surface area (Å²) in [4.78, 5) is 41.8. The quantitative estimate of drug-likeness (QED) is 0.404. The van der Waals surface area contributed by atoms with Gasteiger partial charge in [-0.2, -0.15) is 5.10 Å². The molecule has 1 aromatic carbocycles. The Morgan fingerprint density at radius 3 is 2.64 bits per heavy atom. The first kappa shape index (κ1) is 22.2. The summed E-state index contributed by atoms with van der Waals surface area (Å²) in [5.41, 5.74) is 7.74. The number of anilines is 1. The summed E-state index contributed by atoms with van der Waals surface area (Å²) in [5, 5.41) is 9.37. The molecule has 4 aromatic rings. The number of amides is 2. The molecule has 33 heavy (non-hydrogen) atoms. The number of nitrogens with zero attached hydrogens (tertiary/aromatic N) is 3. The molecular formula is C23H21N5O4S. The second kappa shape index (κ2) is 9.21. The Kier molecular flexibility index (Phi) is 6.18. The first-order valence-electron chi connectivity index (χ1n) is 10.2. The molecule has 0 spiro atoms. The van der Waals surface area contributed by atoms with E-state index >= 15 is 0 Å². The number of thiophene rings is 1. The standard InChI is InChI=1S/C23H21N5O4S/c1-3-28-20-17(12-25-28)16(11-18(26-20)14-7-5-4-6-8-14)23(31)32-13(2)21(30)27-22-15(19(24)29)9-10-33-22/h4-13H,3H2,1-2H3,(H2,24,29)(H,27,30). The van der Waals surface area contributed by atoms with E-state index in [2.05, 4.69) is 15.4 Å². The number of carbonyl (C=O) groups excluding carboxylic acids is 3. The zero-order valence-corrected chi connectivity index (χ0v) is 18.8. The minimum absolute atomic E-state index is 0.196. The summed E-state index contributed by atoms with van der Waals surface area (Å²) in [6.45, 7) is 3.96. The van der Waals surface area contributed by atoms with E-state index in [0.29, 0.717) is 28.3 Å². The molecule has 2 amide bonds. The summed E-state index contributed by atoms with van der Waals surface area (Å²) < 4.78 is 7.15. The zero-order chi connectivity index (χ0) is 23.5. The molecule has 1 atom stereocenters. The largest absolute Gasteiger partial charge is 0.449 e. The molecule has 0 saturated heterocycles. The van der Waals surface area contributed by atoms with Crippen LogP contribution in [0.4, 0.5) is 5.00 Å². The predicted octanol–water partition coefficient (Wildman–Crippen LogP) is 3.46. The highest BCUT2D eigenvalue weighted by Gasteiger charge is 2.24. The van der Waals surface area contributed by atoms with Gasteiger partial charge in [-0.15, -0.1) is 11.3 Å². The second-order valence-corrected chi connectivity index (χ2v) is 8.10. The third-order valence-corrected chi connectivity index (χ3v) is 5.85. The smallest absolute Gasteiger partial charge is 0.339 e. The zero-order valence-electron chi connectivity index (χ0n) is 17.9. The maximum Gasteiger partial charge on any atom is 0.339 e. The van der Waals surface area contributed by atoms with Gasteiger partial charge in [0.15, 0.2) is 11.8 Å². The number of nitrogens with two attached hydrogens (primary N) is 1. The lowest BCUT2D eigenvalue weighted by atomic mass is 10.1. The van der Waals surface area contributed by atoms with Gasteiger partial charge in [-0.25, -0.2) is 14.5 Å². The van der Waals surface area contributed by atoms with Crippen LogP contribution in [0.3, 0.4) is 0 Å². The Morgan fingerprint density at radius 2 is 1.94 bits per heavy atom. The number of rotatable bonds is 7. The lowest BCUT2D eigenvalue weighted by molar-refractivity contribution is -0.123. The maximum absolute atomic E-state index is 13.1. The predicted molar refractivity (Wildman–Crippen MR) is 125 cm³/mol. The molecule has 0 fully saturated rings. The Hall–Kier alpha value is -4.05. The number of aryl methyl sites for hydroxylation is 1. The molecule has 9 nitrogen and oxygen atoms in total. The summed E-state index contributed by atoms with van der Waals surface area (Å²) in [6, 6.07) is 12.6. The van der Waals surface area contributed by atoms with Crippen molar-refractivity contribution in [3.63, 3.8) is 0 Å². The van der Waals surface area contributed by atoms with Crippen LogP contribution >= 0.6 is 11.3 Å². The highest BCUT2D eigenvalue weighted by molar-refractivity contribution is 7.14. The van der Waals surface area contributed by atoms with Gasteiger partial charge in [0.2, 0.25) is 0 Å². The molecule has 3 aromatic heterocycles. The van der Waals surface area contributed by atoms with Crippen LogP contribution in [-0.4, -0.2) is 38.7 Å². The van der Waals surface area contributed by atoms with Gasteiger partial charge in [-0.1, -0.05) is 30.3 Å². The van der Waals surface area contributed by atoms with Gasteiger partial charge >= 0.3 is 5.97 Å². The van der Waals surface area contributed by atoms with Gasteiger partial charge in [0.25, 0.3) is 11.8 Å². The van der Waals surface area contributed by atoms with Gasteiger partial charge in [0, 0.05) is 12.1 Å². The van der Waals surface area contributed by atoms with Crippen LogP contribution in [0.25, 0.3) is 22.3 Å². The van der Waals surface area contributed by atoms with Gasteiger partial charge in [0.05, 0.1) is 28.4 Å². The molecule has 0 aliphatic rings. The molecule has 3 N–H and O–H groups in total. The normalized spacial score (nSPS) is 11.8. The molecule has 1 unspecified atom stereocenters. The topological polar surface area (TPSA) is 129 Å². The van der Waals surface area contributed by atoms with Crippen LogP contribution in [0.5, 0.6) is 0 Å². The number of benzene rings is 1. The lowest BCUT2D eigenvalue weighted by Gasteiger charge is -2.14. The van der Waals surface area contributed by atoms with Crippen molar-refractivity contribution in [2.45, 2.75) is 26.5 Å². The lowest BCUT2D eigenvalue weighted by Crippen LogP contribution is -2.30. The Balaban J connectivity index is 1.62. The number of esters is 1. The van der Waals surface area contributed by atoms with E-state index in [0.717, 1.165) is 16.9 Å². The highest BCUT2D eigenvalue weighted by Crippen LogP contribution is 2.26. The SMILES string of the molecule is CCn1ncc2c(C(=O)OC(C)C(=O)Nc3sccc3C(N)=O)cc(-c3ccccc3)nc21. The van der Waals surface area contributed by atoms with E-state index < -0.39 is 23.9 Å². The van der Waals surface area contributed by atoms with Crippen LogP contribution in [0.1, 0.15) is 34.6 Å². The number of pyridine rings is 1. The summed E-state index contributed by atoms with van der Waals surface area (Å²) in [6.07, 6.45) is 0.442. The first-order valence-corrected chi connectivity index (χ1v) is 11.1. The number of nitrogens with one attached hydrogen (secondary N) is 1. The van der Waals surface area contributed by atoms with Crippen molar-refractivity contribution in [1.82, 2.24) is 14.8 Å². The fourth-order valence-electron chi connectivity index (χ4n) is 3.30. The van der Waals surface area contributed by atoms with Gasteiger partial charge in [0.1, 0.15) is 5.00 Å². The molecule has 10 heteroatoms. The van der Waals surface area contributed by atoms with Crippen molar-refractivity contribution in [3.8, 4) is 11.3 Å². The van der Waals surface area contributed by atoms with Crippen LogP contribution in [-0.2, 0) is 16.1 Å². The molecule has 3 heterocycles. The van der Waals surface area contributed by atoms with Crippen molar-refractivity contribution < 1.29 is 19.1 Å². The Bertz CT molecular complexity index is 1350. The average molecular weight is 464 g/mol. The number of fused-ring (bicyclic) bond motifs is 1. The van der Waals surface area contributed by atoms with E-state index in [1.165, 1.54) is 13.0 Å². The average Bonchev–Trinajstić information content (AvgIpc) is 3.45. The number of ether oxygens (including phenoxy) is 1. The third-order valence-electron chi connectivity index (χ3n) is 5.02. The van der Waals surface area contributed by atoms with E-state index in [9.17, 15) is 14.4 Å². The monoisotopic (exact) mass is 463 g/mol. The highest BCUT2D eigenvalue weighted by atomic mass is 32.1. The molecule has 0 aliphatic carbocycles. The number of carbonyl (C=O) groups is 3. The molecule has 0 bridgehead atoms. The van der Waals surface area contributed by atoms with E-state index in [1.807, 2.05) is 37.3 Å². The van der Waals surface area contributed by atoms with Gasteiger partial charge < -0.3 is 15.8 Å². The van der Waals surface area contributed by atoms with E-state index in [1.54, 1.807) is 22.3 Å². The van der Waals surface area contributed by atoms with E-state index in [4.69, 9.17) is 10.5 Å². The first-order chi connectivity index (χ1) is 15.9. The maximum atomic E-state index is 13.1.